The fraction of sp³-hybridized carbons (Fsp3) is 0.468. The number of hydrogen-bond donors (Lipinski definition) is 7. The van der Waals surface area contributed by atoms with Crippen LogP contribution in [0.2, 0.25) is 0 Å². The minimum Gasteiger partial charge on any atom is -0.481 e. The molecule has 0 saturated carbocycles. The maximum absolute atomic E-state index is 13.6. The molecule has 18 nitrogen and oxygen atoms in total. The van der Waals surface area contributed by atoms with E-state index in [2.05, 4.69) is 127 Å². The number of rotatable bonds is 31. The highest BCUT2D eigenvalue weighted by Crippen LogP contribution is 2.48. The number of carboxylic acids is 3. The van der Waals surface area contributed by atoms with Gasteiger partial charge in [0.05, 0.1) is 25.2 Å². The third-order valence-corrected chi connectivity index (χ3v) is 14.8. The van der Waals surface area contributed by atoms with Gasteiger partial charge in [-0.2, -0.15) is 4.58 Å². The third-order valence-electron chi connectivity index (χ3n) is 14.8. The van der Waals surface area contributed by atoms with E-state index in [0.717, 1.165) is 85.7 Å². The molecule has 2 aliphatic heterocycles. The van der Waals surface area contributed by atoms with Crippen LogP contribution in [0.15, 0.2) is 120 Å². The van der Waals surface area contributed by atoms with Crippen molar-refractivity contribution >= 4 is 52.8 Å². The van der Waals surface area contributed by atoms with Crippen molar-refractivity contribution in [3.05, 3.63) is 136 Å². The molecule has 0 bridgehead atoms. The average molecular weight is 1100 g/mol. The maximum Gasteiger partial charge on any atom is 0.326 e. The van der Waals surface area contributed by atoms with Gasteiger partial charge >= 0.3 is 23.9 Å². The van der Waals surface area contributed by atoms with Crippen molar-refractivity contribution in [3.8, 4) is 5.75 Å². The molecule has 0 radical (unpaired) electrons. The molecule has 1 aliphatic carbocycles. The van der Waals surface area contributed by atoms with Gasteiger partial charge in [0.25, 0.3) is 5.91 Å². The molecule has 0 spiro atoms. The quantitative estimate of drug-likeness (QED) is 0.0235. The highest BCUT2D eigenvalue weighted by atomic mass is 16.5. The molecule has 7 N–H and O–H groups in total. The summed E-state index contributed by atoms with van der Waals surface area (Å²) in [6.07, 6.45) is 14.9. The predicted molar refractivity (Wildman–Crippen MR) is 307 cm³/mol. The molecule has 2 unspecified atom stereocenters. The van der Waals surface area contributed by atoms with E-state index in [1.807, 2.05) is 42.5 Å². The van der Waals surface area contributed by atoms with Crippen LogP contribution in [0.25, 0.3) is 0 Å². The van der Waals surface area contributed by atoms with E-state index in [1.165, 1.54) is 22.5 Å². The molecule has 430 valence electrons. The zero-order valence-corrected chi connectivity index (χ0v) is 47.2. The largest absolute Gasteiger partial charge is 0.481 e. The van der Waals surface area contributed by atoms with Crippen LogP contribution in [0.3, 0.4) is 0 Å². The van der Waals surface area contributed by atoms with Crippen molar-refractivity contribution in [2.75, 3.05) is 57.5 Å². The first-order chi connectivity index (χ1) is 38.4. The van der Waals surface area contributed by atoms with Gasteiger partial charge in [-0.3, -0.25) is 14.4 Å². The Hall–Kier alpha value is -7.57. The van der Waals surface area contributed by atoms with Crippen LogP contribution in [0.4, 0.5) is 16.2 Å². The van der Waals surface area contributed by atoms with E-state index in [4.69, 9.17) is 19.3 Å². The summed E-state index contributed by atoms with van der Waals surface area (Å²) < 4.78 is 20.4. The molecule has 3 aromatic rings. The van der Waals surface area contributed by atoms with Gasteiger partial charge in [0, 0.05) is 72.5 Å². The highest BCUT2D eigenvalue weighted by molar-refractivity contribution is 6.04. The van der Waals surface area contributed by atoms with E-state index in [9.17, 15) is 39.0 Å². The third kappa shape index (κ3) is 16.5. The number of fused-ring (bicyclic) bond motifs is 2. The predicted octanol–water partition coefficient (Wildman–Crippen LogP) is 9.07. The summed E-state index contributed by atoms with van der Waals surface area (Å²) in [5.74, 6) is -2.93. The minimum absolute atomic E-state index is 0.000975. The second-order valence-corrected chi connectivity index (χ2v) is 21.3. The summed E-state index contributed by atoms with van der Waals surface area (Å²) in [5, 5.41) is 37.5. The Balaban J connectivity index is 1.00. The molecule has 3 aromatic carbocycles. The van der Waals surface area contributed by atoms with Gasteiger partial charge in [-0.15, -0.1) is 0 Å². The average Bonchev–Trinajstić information content (AvgIpc) is 3.78. The van der Waals surface area contributed by atoms with Crippen LogP contribution in [-0.2, 0) is 39.5 Å². The van der Waals surface area contributed by atoms with E-state index >= 15 is 0 Å². The zero-order chi connectivity index (χ0) is 57.8. The number of carbonyl (C=O) groups excluding carboxylic acids is 3. The lowest BCUT2D eigenvalue weighted by Gasteiger charge is -2.26. The number of anilines is 1. The van der Waals surface area contributed by atoms with Gasteiger partial charge in [0.2, 0.25) is 11.6 Å². The summed E-state index contributed by atoms with van der Waals surface area (Å²) >= 11 is 0. The van der Waals surface area contributed by atoms with Crippen molar-refractivity contribution in [2.24, 2.45) is 0 Å². The first-order valence-corrected chi connectivity index (χ1v) is 28.0. The number of aliphatic carboxylic acids is 3. The van der Waals surface area contributed by atoms with E-state index in [-0.39, 0.29) is 69.6 Å². The Morgan fingerprint density at radius 3 is 2.15 bits per heavy atom. The number of carboxylic acid groups (broad SMARTS) is 3. The van der Waals surface area contributed by atoms with Gasteiger partial charge < -0.3 is 55.7 Å². The molecular formula is C62H81N6O12+. The van der Waals surface area contributed by atoms with Crippen molar-refractivity contribution < 1.29 is 62.9 Å². The van der Waals surface area contributed by atoms with Crippen LogP contribution in [0.1, 0.15) is 134 Å². The molecule has 0 fully saturated rings. The number of allylic oxidation sites excluding steroid dienone is 7. The lowest BCUT2D eigenvalue weighted by atomic mass is 9.80. The Bertz CT molecular complexity index is 2850. The molecule has 18 heteroatoms. The van der Waals surface area contributed by atoms with Crippen molar-refractivity contribution in [3.63, 3.8) is 0 Å². The lowest BCUT2D eigenvalue weighted by molar-refractivity contribution is -0.438. The molecule has 80 heavy (non-hydrogen) atoms. The standard InChI is InChI=1S/C62H80N6O12/c1-7-9-17-36-68-51-30-26-44(57(72)64-35-37-78-38-39-79-41-54(69)63-34-16-15-24-48(58(73)74)65-60(77)66-49(59(75)76)29-33-55(70)71)40-47(51)62(5,6)53(68)32-28-43-20-18-19-42(56(43)80-45-21-11-10-12-22-45)27-31-52-61(3,4)46-23-13-14-25-50(46)67(52)8-2/h10-14,21-23,25-28,30-32,40,48-49H,7-9,15-20,24,29,33-39,41H2,1-6H3,(H6-,63,64,65,66,69,70,71,72,73,74,75,76,77)/p+1. The number of hydrogen-bond acceptors (Lipinski definition) is 10. The number of nitrogens with one attached hydrogen (secondary N) is 4. The van der Waals surface area contributed by atoms with Crippen LogP contribution >= 0.6 is 0 Å². The van der Waals surface area contributed by atoms with Gasteiger partial charge in [0.1, 0.15) is 36.7 Å². The molecule has 6 rings (SSSR count). The minimum atomic E-state index is -1.50. The lowest BCUT2D eigenvalue weighted by Crippen LogP contribution is -2.51. The van der Waals surface area contributed by atoms with Crippen LogP contribution in [-0.4, -0.2) is 126 Å². The molecule has 0 saturated heterocycles. The van der Waals surface area contributed by atoms with Crippen LogP contribution < -0.4 is 30.9 Å². The molecule has 4 amide bonds. The van der Waals surface area contributed by atoms with Gasteiger partial charge in [-0.1, -0.05) is 69.7 Å². The van der Waals surface area contributed by atoms with E-state index in [1.54, 1.807) is 0 Å². The number of para-hydroxylation sites is 2. The first-order valence-electron chi connectivity index (χ1n) is 28.0. The number of amides is 4. The van der Waals surface area contributed by atoms with Crippen molar-refractivity contribution in [2.45, 2.75) is 135 Å². The fourth-order valence-electron chi connectivity index (χ4n) is 10.5. The second-order valence-electron chi connectivity index (χ2n) is 21.3. The van der Waals surface area contributed by atoms with Gasteiger partial charge in [0.15, 0.2) is 5.71 Å². The number of ether oxygens (including phenoxy) is 3. The molecule has 2 atom stereocenters. The normalized spacial score (nSPS) is 17.1. The smallest absolute Gasteiger partial charge is 0.326 e. The summed E-state index contributed by atoms with van der Waals surface area (Å²) in [6.45, 7) is 16.0. The molecular weight excluding hydrogens is 1020 g/mol. The van der Waals surface area contributed by atoms with Gasteiger partial charge in [-0.25, -0.2) is 14.4 Å². The molecule has 0 aromatic heterocycles. The second kappa shape index (κ2) is 29.6. The van der Waals surface area contributed by atoms with Crippen molar-refractivity contribution in [1.29, 1.82) is 0 Å². The van der Waals surface area contributed by atoms with Crippen molar-refractivity contribution in [1.82, 2.24) is 21.3 Å². The summed E-state index contributed by atoms with van der Waals surface area (Å²) in [7, 11) is 0. The fourth-order valence-corrected chi connectivity index (χ4v) is 10.5. The molecule has 3 aliphatic rings. The summed E-state index contributed by atoms with van der Waals surface area (Å²) in [6, 6.07) is 20.8. The first kappa shape index (κ1) is 61.6. The molecule has 2 heterocycles. The number of unbranched alkanes of at least 4 members (excludes halogenated alkanes) is 3. The van der Waals surface area contributed by atoms with E-state index in [0.29, 0.717) is 18.4 Å². The maximum atomic E-state index is 13.6. The highest BCUT2D eigenvalue weighted by Gasteiger charge is 2.45. The Kier molecular flexibility index (Phi) is 22.8. The SMILES string of the molecule is CCCCC[N+]1=C(/C=C/C2=C(Oc3ccccc3)C(=C/C=C3/N(CC)c4ccccc4C3(C)C)/CCC2)C(C)(C)c2cc(C(=O)NCCOCCOCC(=O)NCCCCC(NC(=O)NC(CCC(=O)O)C(=O)O)C(=O)O)ccc21. The number of carbonyl (C=O) groups is 6. The van der Waals surface area contributed by atoms with E-state index < -0.39 is 47.9 Å². The number of nitrogens with zero attached hydrogens (tertiary/aromatic N) is 2. The van der Waals surface area contributed by atoms with Crippen LogP contribution in [0, 0.1) is 0 Å². The summed E-state index contributed by atoms with van der Waals surface area (Å²) in [4.78, 5) is 74.4. The Morgan fingerprint density at radius 1 is 0.725 bits per heavy atom. The Labute approximate surface area is 470 Å². The topological polar surface area (TPSA) is 245 Å². The number of benzene rings is 3. The number of likely N-dealkylation sites (N-methyl/N-ethyl adjacent to an activating group) is 1. The Morgan fingerprint density at radius 2 is 1.44 bits per heavy atom. The summed E-state index contributed by atoms with van der Waals surface area (Å²) in [5.41, 5.74) is 9.50. The number of urea groups is 1. The van der Waals surface area contributed by atoms with Crippen LogP contribution in [0.5, 0.6) is 5.75 Å². The zero-order valence-electron chi connectivity index (χ0n) is 47.2. The monoisotopic (exact) mass is 1100 g/mol. The van der Waals surface area contributed by atoms with Gasteiger partial charge in [-0.05, 0) is 131 Å².